The van der Waals surface area contributed by atoms with Crippen molar-refractivity contribution < 1.29 is 17.9 Å². The molecule has 0 fully saturated rings. The number of ether oxygens (including phenoxy) is 1. The number of esters is 1. The van der Waals surface area contributed by atoms with Gasteiger partial charge in [0.05, 0.1) is 12.0 Å². The van der Waals surface area contributed by atoms with Gasteiger partial charge in [0.15, 0.2) is 0 Å². The Balaban J connectivity index is 1.71. The van der Waals surface area contributed by atoms with Gasteiger partial charge < -0.3 is 9.72 Å². The first kappa shape index (κ1) is 22.1. The van der Waals surface area contributed by atoms with E-state index in [1.165, 1.54) is 13.2 Å². The zero-order valence-corrected chi connectivity index (χ0v) is 18.8. The lowest BCUT2D eigenvalue weighted by Gasteiger charge is -2.18. The number of halogens is 1. The Morgan fingerprint density at radius 3 is 2.53 bits per heavy atom. The number of aromatic nitrogens is 1. The van der Waals surface area contributed by atoms with Crippen LogP contribution in [0.15, 0.2) is 83.9 Å². The summed E-state index contributed by atoms with van der Waals surface area (Å²) in [6, 6.07) is 20.3. The molecule has 164 valence electrons. The van der Waals surface area contributed by atoms with Crippen LogP contribution < -0.4 is 4.72 Å². The van der Waals surface area contributed by atoms with Crippen LogP contribution in [0, 0.1) is 0 Å². The molecule has 32 heavy (non-hydrogen) atoms. The second-order valence-corrected chi connectivity index (χ2v) is 9.39. The minimum absolute atomic E-state index is 0.0102. The lowest BCUT2D eigenvalue weighted by molar-refractivity contribution is -0.142. The van der Waals surface area contributed by atoms with Crippen molar-refractivity contribution in [1.29, 1.82) is 0 Å². The van der Waals surface area contributed by atoms with Gasteiger partial charge in [-0.25, -0.2) is 8.42 Å². The number of sulfonamides is 1. The number of rotatable bonds is 7. The smallest absolute Gasteiger partial charge is 0.324 e. The highest BCUT2D eigenvalue weighted by Crippen LogP contribution is 2.30. The first-order valence-corrected chi connectivity index (χ1v) is 11.8. The van der Waals surface area contributed by atoms with Crippen LogP contribution in [0.25, 0.3) is 22.0 Å². The number of fused-ring (bicyclic) bond motifs is 1. The minimum Gasteiger partial charge on any atom is -0.468 e. The molecule has 0 aliphatic rings. The molecule has 8 heteroatoms. The van der Waals surface area contributed by atoms with Gasteiger partial charge in [0.25, 0.3) is 0 Å². The summed E-state index contributed by atoms with van der Waals surface area (Å²) in [6.45, 7) is 0. The molecule has 4 rings (SSSR count). The normalized spacial score (nSPS) is 12.6. The number of para-hydroxylation sites is 1. The van der Waals surface area contributed by atoms with Crippen LogP contribution >= 0.6 is 11.6 Å². The monoisotopic (exact) mass is 468 g/mol. The quantitative estimate of drug-likeness (QED) is 0.389. The topological polar surface area (TPSA) is 88.3 Å². The molecule has 1 atom stereocenters. The van der Waals surface area contributed by atoms with E-state index in [-0.39, 0.29) is 16.3 Å². The van der Waals surface area contributed by atoms with Gasteiger partial charge in [0.2, 0.25) is 10.0 Å². The van der Waals surface area contributed by atoms with Crippen LogP contribution in [0.4, 0.5) is 0 Å². The van der Waals surface area contributed by atoms with E-state index < -0.39 is 22.0 Å². The van der Waals surface area contributed by atoms with Gasteiger partial charge in [0.1, 0.15) is 6.04 Å². The highest BCUT2D eigenvalue weighted by molar-refractivity contribution is 7.89. The van der Waals surface area contributed by atoms with Crippen molar-refractivity contribution in [3.63, 3.8) is 0 Å². The number of H-pyrrole nitrogens is 1. The SMILES string of the molecule is COC(=O)[C@H](Cc1c[nH]c2ccccc12)NS(=O)(=O)c1cc(Cl)ccc1-c1ccccc1. The third kappa shape index (κ3) is 4.55. The van der Waals surface area contributed by atoms with Gasteiger partial charge in [-0.15, -0.1) is 0 Å². The van der Waals surface area contributed by atoms with E-state index in [2.05, 4.69) is 9.71 Å². The average molecular weight is 469 g/mol. The largest absolute Gasteiger partial charge is 0.468 e. The molecule has 0 bridgehead atoms. The number of nitrogens with one attached hydrogen (secondary N) is 2. The summed E-state index contributed by atoms with van der Waals surface area (Å²) in [7, 11) is -2.89. The molecular weight excluding hydrogens is 448 g/mol. The molecule has 3 aromatic carbocycles. The van der Waals surface area contributed by atoms with Gasteiger partial charge in [0, 0.05) is 34.1 Å². The molecule has 0 radical (unpaired) electrons. The summed E-state index contributed by atoms with van der Waals surface area (Å²) >= 11 is 6.13. The molecule has 0 aliphatic heterocycles. The molecule has 0 saturated heterocycles. The van der Waals surface area contributed by atoms with E-state index in [0.29, 0.717) is 5.56 Å². The van der Waals surface area contributed by atoms with E-state index in [4.69, 9.17) is 16.3 Å². The number of hydrogen-bond acceptors (Lipinski definition) is 4. The predicted octanol–water partition coefficient (Wildman–Crippen LogP) is 4.55. The molecule has 0 amide bonds. The maximum Gasteiger partial charge on any atom is 0.324 e. The molecular formula is C24H21ClN2O4S. The van der Waals surface area contributed by atoms with Crippen LogP contribution in [0.1, 0.15) is 5.56 Å². The van der Waals surface area contributed by atoms with Crippen LogP contribution in [0.2, 0.25) is 5.02 Å². The molecule has 0 aliphatic carbocycles. The van der Waals surface area contributed by atoms with E-state index in [0.717, 1.165) is 22.0 Å². The summed E-state index contributed by atoms with van der Waals surface area (Å²) in [5, 5.41) is 1.18. The summed E-state index contributed by atoms with van der Waals surface area (Å²) in [4.78, 5) is 15.6. The summed E-state index contributed by atoms with van der Waals surface area (Å²) in [5.41, 5.74) is 2.90. The van der Waals surface area contributed by atoms with Crippen molar-refractivity contribution in [2.24, 2.45) is 0 Å². The predicted molar refractivity (Wildman–Crippen MR) is 125 cm³/mol. The first-order valence-electron chi connectivity index (χ1n) is 9.89. The van der Waals surface area contributed by atoms with Crippen molar-refractivity contribution in [3.8, 4) is 11.1 Å². The Bertz CT molecular complexity index is 1370. The fourth-order valence-electron chi connectivity index (χ4n) is 3.66. The Kier molecular flexibility index (Phi) is 6.32. The standard InChI is InChI=1S/C24H21ClN2O4S/c1-31-24(28)22(13-17-15-26-21-10-6-5-9-19(17)21)27-32(29,30)23-14-18(25)11-12-20(23)16-7-3-2-4-8-16/h2-12,14-15,22,26-27H,13H2,1H3/t22-/m0/s1. The second-order valence-electron chi connectivity index (χ2n) is 7.27. The fraction of sp³-hybridized carbons (Fsp3) is 0.125. The van der Waals surface area contributed by atoms with Crippen molar-refractivity contribution in [2.75, 3.05) is 7.11 Å². The van der Waals surface area contributed by atoms with E-state index in [1.807, 2.05) is 54.6 Å². The lowest BCUT2D eigenvalue weighted by Crippen LogP contribution is -2.43. The Labute approximate surface area is 191 Å². The molecule has 1 heterocycles. The number of hydrogen-bond donors (Lipinski definition) is 2. The zero-order valence-electron chi connectivity index (χ0n) is 17.2. The third-order valence-corrected chi connectivity index (χ3v) is 6.95. The van der Waals surface area contributed by atoms with Crippen LogP contribution in [0.5, 0.6) is 0 Å². The second kappa shape index (κ2) is 9.16. The third-order valence-electron chi connectivity index (χ3n) is 5.20. The number of carbonyl (C=O) groups is 1. The number of methoxy groups -OCH3 is 1. The maximum atomic E-state index is 13.4. The number of carbonyl (C=O) groups excluding carboxylic acids is 1. The van der Waals surface area contributed by atoms with Crippen LogP contribution in [-0.2, 0) is 26.0 Å². The minimum atomic E-state index is -4.12. The van der Waals surface area contributed by atoms with Crippen molar-refractivity contribution >= 4 is 38.5 Å². The van der Waals surface area contributed by atoms with Crippen molar-refractivity contribution in [3.05, 3.63) is 89.6 Å². The number of benzene rings is 3. The van der Waals surface area contributed by atoms with Crippen molar-refractivity contribution in [1.82, 2.24) is 9.71 Å². The Morgan fingerprint density at radius 2 is 1.78 bits per heavy atom. The molecule has 0 unspecified atom stereocenters. The Hall–Kier alpha value is -3.13. The van der Waals surface area contributed by atoms with Gasteiger partial charge in [-0.05, 0) is 29.3 Å². The van der Waals surface area contributed by atoms with Gasteiger partial charge >= 0.3 is 5.97 Å². The van der Waals surface area contributed by atoms with Gasteiger partial charge in [-0.2, -0.15) is 4.72 Å². The molecule has 0 spiro atoms. The highest BCUT2D eigenvalue weighted by Gasteiger charge is 2.29. The van der Waals surface area contributed by atoms with Gasteiger partial charge in [-0.3, -0.25) is 4.79 Å². The Morgan fingerprint density at radius 1 is 1.06 bits per heavy atom. The highest BCUT2D eigenvalue weighted by atomic mass is 35.5. The zero-order chi connectivity index (χ0) is 22.7. The van der Waals surface area contributed by atoms with E-state index in [1.54, 1.807) is 18.3 Å². The molecule has 4 aromatic rings. The summed E-state index contributed by atoms with van der Waals surface area (Å²) in [5.74, 6) is -0.679. The summed E-state index contributed by atoms with van der Waals surface area (Å²) < 4.78 is 34.2. The molecule has 1 aromatic heterocycles. The first-order chi connectivity index (χ1) is 15.4. The van der Waals surface area contributed by atoms with E-state index in [9.17, 15) is 13.2 Å². The fourth-order valence-corrected chi connectivity index (χ4v) is 5.34. The van der Waals surface area contributed by atoms with E-state index >= 15 is 0 Å². The molecule has 0 saturated carbocycles. The van der Waals surface area contributed by atoms with Crippen LogP contribution in [0.3, 0.4) is 0 Å². The molecule has 6 nitrogen and oxygen atoms in total. The maximum absolute atomic E-state index is 13.4. The van der Waals surface area contributed by atoms with Crippen LogP contribution in [-0.4, -0.2) is 32.5 Å². The average Bonchev–Trinajstić information content (AvgIpc) is 3.21. The van der Waals surface area contributed by atoms with Crippen molar-refractivity contribution in [2.45, 2.75) is 17.4 Å². The molecule has 2 N–H and O–H groups in total. The van der Waals surface area contributed by atoms with Gasteiger partial charge in [-0.1, -0.05) is 66.2 Å². The number of aromatic amines is 1. The lowest BCUT2D eigenvalue weighted by atomic mass is 10.1. The summed E-state index contributed by atoms with van der Waals surface area (Å²) in [6.07, 6.45) is 1.89.